The molecule has 1 aliphatic carbocycles. The number of halogens is 1. The van der Waals surface area contributed by atoms with Crippen LogP contribution < -0.4 is 4.74 Å². The van der Waals surface area contributed by atoms with Gasteiger partial charge in [0.05, 0.1) is 35.2 Å². The topological polar surface area (TPSA) is 113 Å². The highest BCUT2D eigenvalue weighted by Gasteiger charge is 2.56. The van der Waals surface area contributed by atoms with E-state index in [1.807, 2.05) is 12.1 Å². The van der Waals surface area contributed by atoms with Crippen LogP contribution in [-0.2, 0) is 19.1 Å². The Balaban J connectivity index is 1.45. The number of unbranched alkanes of at least 4 members (excludes halogenated alkanes) is 2. The number of allylic oxidation sites excluding steroid dienone is 2. The van der Waals surface area contributed by atoms with E-state index < -0.39 is 5.97 Å². The zero-order valence-corrected chi connectivity index (χ0v) is 25.7. The van der Waals surface area contributed by atoms with Gasteiger partial charge in [-0.25, -0.2) is 0 Å². The molecule has 9 heteroatoms. The SMILES string of the molecule is CCCC1=C2[C@@H](CC/C(C)=C/c3cc(I)c(O)c(OC)c3)OC[C@@H]2[C@@H]2C(=O)N(CCCCCC(=O)O)C(=O)[C@@H]2C1. The molecule has 1 aromatic rings. The first-order valence-electron chi connectivity index (χ1n) is 14.3. The van der Waals surface area contributed by atoms with Crippen molar-refractivity contribution in [1.82, 2.24) is 4.90 Å². The largest absolute Gasteiger partial charge is 0.504 e. The van der Waals surface area contributed by atoms with Crippen molar-refractivity contribution in [1.29, 1.82) is 0 Å². The van der Waals surface area contributed by atoms with Gasteiger partial charge in [-0.05, 0) is 91.3 Å². The predicted octanol–water partition coefficient (Wildman–Crippen LogP) is 5.95. The number of carbonyl (C=O) groups excluding carboxylic acids is 2. The van der Waals surface area contributed by atoms with E-state index in [-0.39, 0.29) is 47.8 Å². The second kappa shape index (κ2) is 13.5. The lowest BCUT2D eigenvalue weighted by molar-refractivity contribution is -0.141. The minimum Gasteiger partial charge on any atom is -0.504 e. The van der Waals surface area contributed by atoms with Crippen LogP contribution in [-0.4, -0.2) is 59.3 Å². The molecule has 0 radical (unpaired) electrons. The van der Waals surface area contributed by atoms with Gasteiger partial charge in [-0.15, -0.1) is 0 Å². The lowest BCUT2D eigenvalue weighted by Gasteiger charge is -2.32. The number of aliphatic carboxylic acids is 1. The van der Waals surface area contributed by atoms with Crippen LogP contribution in [0.5, 0.6) is 11.5 Å². The van der Waals surface area contributed by atoms with E-state index in [2.05, 4.69) is 42.5 Å². The van der Waals surface area contributed by atoms with Gasteiger partial charge in [0.1, 0.15) is 0 Å². The Hall–Kier alpha value is -2.40. The molecule has 2 saturated heterocycles. The zero-order valence-electron chi connectivity index (χ0n) is 23.6. The summed E-state index contributed by atoms with van der Waals surface area (Å²) in [6.07, 6.45) is 8.16. The van der Waals surface area contributed by atoms with Crippen LogP contribution in [0.1, 0.15) is 77.2 Å². The van der Waals surface area contributed by atoms with Gasteiger partial charge in [-0.2, -0.15) is 0 Å². The summed E-state index contributed by atoms with van der Waals surface area (Å²) in [5, 5.41) is 19.0. The minimum absolute atomic E-state index is 0.0500. The van der Waals surface area contributed by atoms with E-state index in [0.29, 0.717) is 44.6 Å². The van der Waals surface area contributed by atoms with Crippen molar-refractivity contribution in [2.75, 3.05) is 20.3 Å². The number of carboxylic acids is 1. The highest BCUT2D eigenvalue weighted by Crippen LogP contribution is 2.50. The van der Waals surface area contributed by atoms with Crippen LogP contribution in [0.3, 0.4) is 0 Å². The van der Waals surface area contributed by atoms with Crippen molar-refractivity contribution in [2.45, 2.75) is 77.7 Å². The Labute approximate surface area is 249 Å². The molecule has 8 nitrogen and oxygen atoms in total. The van der Waals surface area contributed by atoms with Gasteiger partial charge in [0.15, 0.2) is 11.5 Å². The molecule has 0 aromatic heterocycles. The minimum atomic E-state index is -0.821. The Morgan fingerprint density at radius 3 is 2.65 bits per heavy atom. The second-order valence-corrected chi connectivity index (χ2v) is 12.4. The summed E-state index contributed by atoms with van der Waals surface area (Å²) in [6, 6.07) is 3.75. The molecule has 3 aliphatic rings. The van der Waals surface area contributed by atoms with E-state index in [1.165, 1.54) is 21.6 Å². The van der Waals surface area contributed by atoms with Crippen molar-refractivity contribution in [2.24, 2.45) is 17.8 Å². The molecule has 2 heterocycles. The third-order valence-corrected chi connectivity index (χ3v) is 9.23. The number of amides is 2. The first-order chi connectivity index (χ1) is 19.2. The molecule has 0 unspecified atom stereocenters. The molecule has 40 heavy (non-hydrogen) atoms. The predicted molar refractivity (Wildman–Crippen MR) is 160 cm³/mol. The van der Waals surface area contributed by atoms with E-state index in [0.717, 1.165) is 34.8 Å². The zero-order chi connectivity index (χ0) is 29.0. The number of rotatable bonds is 13. The average Bonchev–Trinajstić information content (AvgIpc) is 3.44. The van der Waals surface area contributed by atoms with Gasteiger partial charge >= 0.3 is 5.97 Å². The number of carbonyl (C=O) groups is 3. The highest BCUT2D eigenvalue weighted by atomic mass is 127. The summed E-state index contributed by atoms with van der Waals surface area (Å²) < 4.78 is 12.4. The summed E-state index contributed by atoms with van der Waals surface area (Å²) >= 11 is 2.10. The third kappa shape index (κ3) is 6.56. The fourth-order valence-corrected chi connectivity index (χ4v) is 7.19. The number of phenolic OH excluding ortho intramolecular Hbond substituents is 1. The van der Waals surface area contributed by atoms with Gasteiger partial charge in [0.25, 0.3) is 0 Å². The summed E-state index contributed by atoms with van der Waals surface area (Å²) in [5.41, 5.74) is 4.69. The number of benzene rings is 1. The number of phenols is 1. The van der Waals surface area contributed by atoms with Crippen molar-refractivity contribution in [3.63, 3.8) is 0 Å². The number of ether oxygens (including phenoxy) is 2. The Bertz CT molecular complexity index is 1210. The number of hydrogen-bond donors (Lipinski definition) is 2. The molecule has 0 spiro atoms. The molecule has 2 N–H and O–H groups in total. The maximum atomic E-state index is 13.5. The van der Waals surface area contributed by atoms with Crippen molar-refractivity contribution in [3.8, 4) is 11.5 Å². The van der Waals surface area contributed by atoms with Crippen LogP contribution in [0.2, 0.25) is 0 Å². The highest BCUT2D eigenvalue weighted by molar-refractivity contribution is 14.1. The number of imide groups is 1. The number of aromatic hydroxyl groups is 1. The molecule has 2 amide bonds. The van der Waals surface area contributed by atoms with Gasteiger partial charge in [0.2, 0.25) is 11.8 Å². The van der Waals surface area contributed by atoms with Crippen molar-refractivity contribution < 1.29 is 34.1 Å². The standard InChI is InChI=1S/C31H40INO7/c1-4-8-20-16-21-28(31(38)33(30(21)37)12-7-5-6-9-26(34)35)22-17-40-24(27(20)22)11-10-18(2)13-19-14-23(32)29(36)25(15-19)39-3/h13-15,21-22,24,28,36H,4-12,16-17H2,1-3H3,(H,34,35)/b18-13+/t21-,22+,24-,28-/m1/s1. The molecular formula is C31H40INO7. The molecule has 4 atom stereocenters. The van der Waals surface area contributed by atoms with Gasteiger partial charge in [0, 0.05) is 18.9 Å². The second-order valence-electron chi connectivity index (χ2n) is 11.2. The van der Waals surface area contributed by atoms with Crippen LogP contribution in [0.15, 0.2) is 28.9 Å². The van der Waals surface area contributed by atoms with Crippen LogP contribution >= 0.6 is 22.6 Å². The van der Waals surface area contributed by atoms with E-state index in [4.69, 9.17) is 14.6 Å². The first kappa shape index (κ1) is 30.6. The number of methoxy groups -OCH3 is 1. The molecule has 2 aliphatic heterocycles. The maximum absolute atomic E-state index is 13.5. The molecule has 1 aromatic carbocycles. The van der Waals surface area contributed by atoms with Crippen LogP contribution in [0, 0.1) is 21.3 Å². The fourth-order valence-electron chi connectivity index (χ4n) is 6.57. The maximum Gasteiger partial charge on any atom is 0.303 e. The van der Waals surface area contributed by atoms with Gasteiger partial charge < -0.3 is 19.7 Å². The lowest BCUT2D eigenvalue weighted by Crippen LogP contribution is -2.34. The Morgan fingerprint density at radius 2 is 1.95 bits per heavy atom. The fraction of sp³-hybridized carbons (Fsp3) is 0.581. The molecule has 218 valence electrons. The average molecular weight is 666 g/mol. The van der Waals surface area contributed by atoms with Gasteiger partial charge in [-0.3, -0.25) is 19.3 Å². The Kier molecular flexibility index (Phi) is 10.3. The molecule has 0 bridgehead atoms. The number of hydrogen-bond acceptors (Lipinski definition) is 6. The lowest BCUT2D eigenvalue weighted by atomic mass is 9.68. The summed E-state index contributed by atoms with van der Waals surface area (Å²) in [4.78, 5) is 39.1. The van der Waals surface area contributed by atoms with Crippen molar-refractivity contribution >= 4 is 46.5 Å². The summed E-state index contributed by atoms with van der Waals surface area (Å²) in [7, 11) is 1.54. The van der Waals surface area contributed by atoms with Gasteiger partial charge in [-0.1, -0.05) is 37.0 Å². The third-order valence-electron chi connectivity index (χ3n) is 8.41. The molecule has 4 rings (SSSR count). The molecular weight excluding hydrogens is 625 g/mol. The number of likely N-dealkylation sites (tertiary alicyclic amines) is 1. The van der Waals surface area contributed by atoms with E-state index >= 15 is 0 Å². The Morgan fingerprint density at radius 1 is 1.18 bits per heavy atom. The van der Waals surface area contributed by atoms with Crippen LogP contribution in [0.25, 0.3) is 6.08 Å². The molecule has 2 fully saturated rings. The summed E-state index contributed by atoms with van der Waals surface area (Å²) in [5.74, 6) is -1.09. The first-order valence-corrected chi connectivity index (χ1v) is 15.4. The number of carboxylic acid groups (broad SMARTS) is 1. The van der Waals surface area contributed by atoms with E-state index in [9.17, 15) is 19.5 Å². The summed E-state index contributed by atoms with van der Waals surface area (Å²) in [6.45, 7) is 5.07. The van der Waals surface area contributed by atoms with Crippen molar-refractivity contribution in [3.05, 3.63) is 38.0 Å². The molecule has 0 saturated carbocycles. The monoisotopic (exact) mass is 665 g/mol. The quantitative estimate of drug-likeness (QED) is 0.116. The normalized spacial score (nSPS) is 24.5. The smallest absolute Gasteiger partial charge is 0.303 e. The number of fused-ring (bicyclic) bond motifs is 3. The number of nitrogens with zero attached hydrogens (tertiary/aromatic N) is 1. The van der Waals surface area contributed by atoms with E-state index in [1.54, 1.807) is 7.11 Å². The van der Waals surface area contributed by atoms with Crippen LogP contribution in [0.4, 0.5) is 0 Å².